The lowest BCUT2D eigenvalue weighted by Gasteiger charge is -2.07. The van der Waals surface area contributed by atoms with E-state index in [4.69, 9.17) is 0 Å². The zero-order valence-corrected chi connectivity index (χ0v) is 13.9. The van der Waals surface area contributed by atoms with E-state index in [1.54, 1.807) is 0 Å². The predicted octanol–water partition coefficient (Wildman–Crippen LogP) is 5.32. The molecule has 1 aliphatic rings. The minimum atomic E-state index is -0.171. The molecule has 1 unspecified atom stereocenters. The number of aliphatic hydroxyl groups excluding tert-OH is 1. The summed E-state index contributed by atoms with van der Waals surface area (Å²) in [6.07, 6.45) is 15.1. The summed E-state index contributed by atoms with van der Waals surface area (Å²) in [4.78, 5) is 0. The van der Waals surface area contributed by atoms with Crippen molar-refractivity contribution < 1.29 is 5.11 Å². The molecule has 0 saturated heterocycles. The molecule has 1 aliphatic carbocycles. The molecule has 21 heavy (non-hydrogen) atoms. The van der Waals surface area contributed by atoms with Crippen molar-refractivity contribution in [1.82, 2.24) is 0 Å². The Balaban J connectivity index is 2.14. The van der Waals surface area contributed by atoms with Crippen LogP contribution in [0.3, 0.4) is 0 Å². The van der Waals surface area contributed by atoms with Gasteiger partial charge in [-0.2, -0.15) is 0 Å². The van der Waals surface area contributed by atoms with E-state index >= 15 is 0 Å². The van der Waals surface area contributed by atoms with E-state index in [9.17, 15) is 5.11 Å². The molecule has 0 amide bonds. The van der Waals surface area contributed by atoms with Gasteiger partial charge in [0.2, 0.25) is 0 Å². The van der Waals surface area contributed by atoms with Gasteiger partial charge in [-0.15, -0.1) is 11.8 Å². The smallest absolute Gasteiger partial charge is 0.0755 e. The number of allylic oxidation sites excluding steroid dienone is 5. The Morgan fingerprint density at radius 2 is 2.05 bits per heavy atom. The van der Waals surface area contributed by atoms with Crippen LogP contribution in [0.2, 0.25) is 0 Å². The molecular weight excluding hydrogens is 256 g/mol. The van der Waals surface area contributed by atoms with Gasteiger partial charge < -0.3 is 5.11 Å². The van der Waals surface area contributed by atoms with Gasteiger partial charge in [-0.1, -0.05) is 29.4 Å². The number of rotatable bonds is 8. The van der Waals surface area contributed by atoms with Crippen LogP contribution >= 0.6 is 0 Å². The maximum Gasteiger partial charge on any atom is 0.0755 e. The first kappa shape index (κ1) is 17.8. The van der Waals surface area contributed by atoms with E-state index in [-0.39, 0.29) is 6.10 Å². The lowest BCUT2D eigenvalue weighted by molar-refractivity contribution is 0.208. The first-order valence-electron chi connectivity index (χ1n) is 8.22. The lowest BCUT2D eigenvalue weighted by Crippen LogP contribution is -2.04. The molecule has 1 atom stereocenters. The van der Waals surface area contributed by atoms with E-state index in [2.05, 4.69) is 43.9 Å². The molecule has 0 aromatic rings. The quantitative estimate of drug-likeness (QED) is 0.363. The highest BCUT2D eigenvalue weighted by molar-refractivity contribution is 5.22. The van der Waals surface area contributed by atoms with E-state index in [0.717, 1.165) is 51.4 Å². The van der Waals surface area contributed by atoms with Gasteiger partial charge in [0.1, 0.15) is 0 Å². The molecule has 116 valence electrons. The van der Waals surface area contributed by atoms with Crippen LogP contribution in [0.5, 0.6) is 0 Å². The summed E-state index contributed by atoms with van der Waals surface area (Å²) in [5.74, 6) is 6.01. The molecule has 0 fully saturated rings. The summed E-state index contributed by atoms with van der Waals surface area (Å²) in [7, 11) is 0. The average molecular weight is 286 g/mol. The molecule has 0 heterocycles. The van der Waals surface area contributed by atoms with Gasteiger partial charge in [0, 0.05) is 6.42 Å². The summed E-state index contributed by atoms with van der Waals surface area (Å²) in [6.45, 7) is 6.26. The highest BCUT2D eigenvalue weighted by Gasteiger charge is 2.19. The monoisotopic (exact) mass is 286 g/mol. The summed E-state index contributed by atoms with van der Waals surface area (Å²) in [6, 6.07) is 0. The molecule has 1 heteroatoms. The van der Waals surface area contributed by atoms with E-state index in [0.29, 0.717) is 0 Å². The number of hydrogen-bond acceptors (Lipinski definition) is 1. The van der Waals surface area contributed by atoms with Gasteiger partial charge in [-0.3, -0.25) is 0 Å². The lowest BCUT2D eigenvalue weighted by atomic mass is 10.0. The fourth-order valence-electron chi connectivity index (χ4n) is 2.76. The van der Waals surface area contributed by atoms with Gasteiger partial charge >= 0.3 is 0 Å². The molecule has 0 saturated carbocycles. The Bertz CT molecular complexity index is 454. The van der Waals surface area contributed by atoms with Crippen molar-refractivity contribution in [2.45, 2.75) is 78.2 Å². The van der Waals surface area contributed by atoms with Crippen LogP contribution < -0.4 is 0 Å². The second-order valence-electron chi connectivity index (χ2n) is 5.92. The van der Waals surface area contributed by atoms with Gasteiger partial charge in [-0.05, 0) is 71.3 Å². The van der Waals surface area contributed by atoms with Gasteiger partial charge in [0.15, 0.2) is 0 Å². The Labute approximate surface area is 130 Å². The largest absolute Gasteiger partial charge is 0.389 e. The molecule has 0 aromatic carbocycles. The van der Waals surface area contributed by atoms with Crippen LogP contribution in [0, 0.1) is 11.8 Å². The Hall–Kier alpha value is -1.26. The highest BCUT2D eigenvalue weighted by Crippen LogP contribution is 2.29. The van der Waals surface area contributed by atoms with Crippen molar-refractivity contribution in [3.05, 3.63) is 34.9 Å². The maximum atomic E-state index is 9.86. The van der Waals surface area contributed by atoms with Crippen LogP contribution in [0.1, 0.15) is 72.1 Å². The second-order valence-corrected chi connectivity index (χ2v) is 5.92. The molecule has 1 rings (SSSR count). The summed E-state index contributed by atoms with van der Waals surface area (Å²) >= 11 is 0. The van der Waals surface area contributed by atoms with Gasteiger partial charge in [-0.25, -0.2) is 0 Å². The number of unbranched alkanes of at least 4 members (excludes halogenated alkanes) is 1. The van der Waals surface area contributed by atoms with Crippen LogP contribution in [0.25, 0.3) is 0 Å². The fraction of sp³-hybridized carbons (Fsp3) is 0.600. The summed E-state index contributed by atoms with van der Waals surface area (Å²) < 4.78 is 0. The first-order valence-corrected chi connectivity index (χ1v) is 8.22. The first-order chi connectivity index (χ1) is 10.1. The van der Waals surface area contributed by atoms with Crippen molar-refractivity contribution in [3.63, 3.8) is 0 Å². The molecule has 0 aliphatic heterocycles. The number of aliphatic hydroxyl groups is 1. The minimum Gasteiger partial charge on any atom is -0.389 e. The fourth-order valence-corrected chi connectivity index (χ4v) is 2.76. The highest BCUT2D eigenvalue weighted by atomic mass is 16.3. The molecule has 0 spiro atoms. The summed E-state index contributed by atoms with van der Waals surface area (Å²) in [5.41, 5.74) is 4.15. The van der Waals surface area contributed by atoms with E-state index in [1.165, 1.54) is 16.7 Å². The molecule has 0 aromatic heterocycles. The third kappa shape index (κ3) is 7.34. The Morgan fingerprint density at radius 3 is 2.71 bits per heavy atom. The topological polar surface area (TPSA) is 20.2 Å². The molecule has 1 nitrogen and oxygen atoms in total. The average Bonchev–Trinajstić information content (AvgIpc) is 2.78. The van der Waals surface area contributed by atoms with Crippen molar-refractivity contribution in [2.75, 3.05) is 0 Å². The molecule has 0 radical (unpaired) electrons. The van der Waals surface area contributed by atoms with Crippen LogP contribution in [-0.2, 0) is 0 Å². The predicted molar refractivity (Wildman–Crippen MR) is 92.0 cm³/mol. The van der Waals surface area contributed by atoms with E-state index < -0.39 is 0 Å². The van der Waals surface area contributed by atoms with Crippen molar-refractivity contribution in [2.24, 2.45) is 0 Å². The second kappa shape index (κ2) is 10.5. The minimum absolute atomic E-state index is 0.171. The zero-order valence-electron chi connectivity index (χ0n) is 13.9. The molecule has 0 bridgehead atoms. The van der Waals surface area contributed by atoms with E-state index in [1.807, 2.05) is 6.92 Å². The molecule has 1 N–H and O–H groups in total. The van der Waals surface area contributed by atoms with Crippen LogP contribution in [0.15, 0.2) is 34.9 Å². The van der Waals surface area contributed by atoms with Crippen molar-refractivity contribution >= 4 is 0 Å². The third-order valence-corrected chi connectivity index (χ3v) is 4.13. The summed E-state index contributed by atoms with van der Waals surface area (Å²) in [5, 5.41) is 9.86. The van der Waals surface area contributed by atoms with Gasteiger partial charge in [0.05, 0.1) is 6.10 Å². The molecular formula is C20H30O. The number of hydrogen-bond donors (Lipinski definition) is 1. The Morgan fingerprint density at radius 1 is 1.29 bits per heavy atom. The standard InChI is InChI=1S/C20H30O/c1-4-5-6-9-12-17(2)13-10-7-8-11-14-19-18(3)15-16-20(19)21/h7-8,12,20-21H,6,9-11,13-16H2,1-3H3/b8-7+,17-12+. The third-order valence-electron chi connectivity index (χ3n) is 4.13. The maximum absolute atomic E-state index is 9.86. The Kier molecular flexibility index (Phi) is 8.87. The zero-order chi connectivity index (χ0) is 15.5. The van der Waals surface area contributed by atoms with Crippen molar-refractivity contribution in [3.8, 4) is 11.8 Å². The van der Waals surface area contributed by atoms with Crippen LogP contribution in [0.4, 0.5) is 0 Å². The SMILES string of the molecule is CC#CCC/C=C(\C)CC/C=C/CCC1=C(C)CCC1O. The van der Waals surface area contributed by atoms with Crippen LogP contribution in [-0.4, -0.2) is 11.2 Å². The normalized spacial score (nSPS) is 19.2. The van der Waals surface area contributed by atoms with Crippen molar-refractivity contribution in [1.29, 1.82) is 0 Å². The van der Waals surface area contributed by atoms with Gasteiger partial charge in [0.25, 0.3) is 0 Å².